The van der Waals surface area contributed by atoms with Gasteiger partial charge in [-0.05, 0) is 40.2 Å². The summed E-state index contributed by atoms with van der Waals surface area (Å²) in [6.07, 6.45) is 0. The van der Waals surface area contributed by atoms with Crippen LogP contribution in [0, 0.1) is 13.8 Å². The molecule has 1 fully saturated rings. The lowest BCUT2D eigenvalue weighted by Gasteiger charge is -2.20. The smallest absolute Gasteiger partial charge is 0.324 e. The molecule has 0 bridgehead atoms. The number of hydrogen-bond donors (Lipinski definition) is 1. The molecular formula is C17H22N4O3S2. The molecule has 26 heavy (non-hydrogen) atoms. The molecule has 9 heteroatoms. The number of nitrogens with one attached hydrogen (secondary N) is 1. The monoisotopic (exact) mass is 394 g/mol. The zero-order valence-electron chi connectivity index (χ0n) is 15.5. The first-order valence-electron chi connectivity index (χ1n) is 8.50. The number of hydrogen-bond acceptors (Lipinski definition) is 6. The highest BCUT2D eigenvalue weighted by atomic mass is 32.2. The van der Waals surface area contributed by atoms with Crippen LogP contribution in [0.2, 0.25) is 0 Å². The summed E-state index contributed by atoms with van der Waals surface area (Å²) in [5, 5.41) is 3.28. The highest BCUT2D eigenvalue weighted by molar-refractivity contribution is 8.00. The highest BCUT2D eigenvalue weighted by Crippen LogP contribution is 2.31. The summed E-state index contributed by atoms with van der Waals surface area (Å²) in [7, 11) is 0. The van der Waals surface area contributed by atoms with Crippen molar-refractivity contribution in [2.45, 2.75) is 51.1 Å². The fourth-order valence-electron chi connectivity index (χ4n) is 2.94. The first-order valence-corrected chi connectivity index (χ1v) is 10.2. The van der Waals surface area contributed by atoms with Crippen LogP contribution in [0.4, 0.5) is 4.79 Å². The second-order valence-electron chi connectivity index (χ2n) is 6.61. The number of fused-ring (bicyclic) bond motifs is 1. The summed E-state index contributed by atoms with van der Waals surface area (Å²) in [5.74, 6) is -0.270. The quantitative estimate of drug-likeness (QED) is 0.637. The Morgan fingerprint density at radius 3 is 2.54 bits per heavy atom. The first-order chi connectivity index (χ1) is 12.2. The van der Waals surface area contributed by atoms with Crippen LogP contribution in [-0.4, -0.2) is 44.7 Å². The second-order valence-corrected chi connectivity index (χ2v) is 9.12. The second kappa shape index (κ2) is 7.03. The molecule has 0 saturated carbocycles. The summed E-state index contributed by atoms with van der Waals surface area (Å²) < 4.78 is 1.64. The van der Waals surface area contributed by atoms with Gasteiger partial charge in [0.1, 0.15) is 4.83 Å². The van der Waals surface area contributed by atoms with Gasteiger partial charge in [0.25, 0.3) is 5.56 Å². The summed E-state index contributed by atoms with van der Waals surface area (Å²) >= 11 is 2.72. The van der Waals surface area contributed by atoms with E-state index < -0.39 is 5.25 Å². The number of carbonyl (C=O) groups is 2. The van der Waals surface area contributed by atoms with Gasteiger partial charge < -0.3 is 5.32 Å². The standard InChI is InChI=1S/C17H22N4O3S2/c1-8(2)21-15(23)12-9(3)10(4)25-13(12)19-17(21)26-11(5)14(22)20-7-6-18-16(20)24/h8,11H,6-7H2,1-5H3,(H,18,24)/t11-/m0/s1. The van der Waals surface area contributed by atoms with E-state index in [-0.39, 0.29) is 23.5 Å². The minimum atomic E-state index is -0.518. The van der Waals surface area contributed by atoms with Crippen molar-refractivity contribution in [2.24, 2.45) is 0 Å². The molecule has 0 aromatic carbocycles. The van der Waals surface area contributed by atoms with Crippen LogP contribution >= 0.6 is 23.1 Å². The molecule has 2 aromatic heterocycles. The van der Waals surface area contributed by atoms with Gasteiger partial charge in [0.15, 0.2) is 5.16 Å². The van der Waals surface area contributed by atoms with Crippen LogP contribution in [0.5, 0.6) is 0 Å². The van der Waals surface area contributed by atoms with Gasteiger partial charge in [-0.25, -0.2) is 9.78 Å². The normalized spacial score (nSPS) is 15.8. The van der Waals surface area contributed by atoms with Gasteiger partial charge in [0.2, 0.25) is 5.91 Å². The fourth-order valence-corrected chi connectivity index (χ4v) is 5.11. The fraction of sp³-hybridized carbons (Fsp3) is 0.529. The molecule has 140 valence electrons. The number of imide groups is 1. The Hall–Kier alpha value is -1.87. The van der Waals surface area contributed by atoms with E-state index in [1.54, 1.807) is 11.5 Å². The zero-order valence-corrected chi connectivity index (χ0v) is 17.1. The predicted octanol–water partition coefficient (Wildman–Crippen LogP) is 2.69. The molecule has 1 saturated heterocycles. The minimum absolute atomic E-state index is 0.0760. The van der Waals surface area contributed by atoms with Crippen molar-refractivity contribution in [3.63, 3.8) is 0 Å². The third kappa shape index (κ3) is 3.14. The number of thiophene rings is 1. The number of aryl methyl sites for hydroxylation is 2. The minimum Gasteiger partial charge on any atom is -0.336 e. The molecule has 2 aromatic rings. The number of rotatable bonds is 4. The Kier molecular flexibility index (Phi) is 5.12. The summed E-state index contributed by atoms with van der Waals surface area (Å²) in [6, 6.07) is -0.449. The van der Waals surface area contributed by atoms with E-state index in [0.717, 1.165) is 10.4 Å². The Balaban J connectivity index is 2.01. The van der Waals surface area contributed by atoms with Crippen molar-refractivity contribution in [1.82, 2.24) is 19.8 Å². The van der Waals surface area contributed by atoms with E-state index in [1.807, 2.05) is 27.7 Å². The average Bonchev–Trinajstić information content (AvgIpc) is 3.10. The maximum atomic E-state index is 13.0. The van der Waals surface area contributed by atoms with Crippen molar-refractivity contribution in [3.8, 4) is 0 Å². The Labute approximate surface area is 159 Å². The maximum Gasteiger partial charge on any atom is 0.324 e. The molecule has 1 atom stereocenters. The maximum absolute atomic E-state index is 13.0. The van der Waals surface area contributed by atoms with E-state index in [9.17, 15) is 14.4 Å². The Morgan fingerprint density at radius 1 is 1.27 bits per heavy atom. The van der Waals surface area contributed by atoms with Crippen molar-refractivity contribution in [2.75, 3.05) is 13.1 Å². The number of aromatic nitrogens is 2. The van der Waals surface area contributed by atoms with Crippen LogP contribution < -0.4 is 10.9 Å². The van der Waals surface area contributed by atoms with Gasteiger partial charge in [0, 0.05) is 24.0 Å². The lowest BCUT2D eigenvalue weighted by atomic mass is 10.2. The van der Waals surface area contributed by atoms with Gasteiger partial charge in [-0.2, -0.15) is 0 Å². The molecule has 1 aliphatic heterocycles. The van der Waals surface area contributed by atoms with E-state index >= 15 is 0 Å². The molecule has 3 heterocycles. The SMILES string of the molecule is Cc1sc2nc(S[C@@H](C)C(=O)N3CCNC3=O)n(C(C)C)c(=O)c2c1C. The van der Waals surface area contributed by atoms with Gasteiger partial charge in [-0.1, -0.05) is 11.8 Å². The zero-order chi connectivity index (χ0) is 19.2. The van der Waals surface area contributed by atoms with E-state index in [2.05, 4.69) is 10.3 Å². The molecule has 0 unspecified atom stereocenters. The number of amides is 3. The number of urea groups is 1. The van der Waals surface area contributed by atoms with Crippen molar-refractivity contribution >= 4 is 45.3 Å². The molecular weight excluding hydrogens is 372 g/mol. The summed E-state index contributed by atoms with van der Waals surface area (Å²) in [6.45, 7) is 10.3. The molecule has 1 N–H and O–H groups in total. The van der Waals surface area contributed by atoms with Crippen LogP contribution in [0.15, 0.2) is 9.95 Å². The number of thioether (sulfide) groups is 1. The van der Waals surface area contributed by atoms with Crippen LogP contribution in [0.1, 0.15) is 37.3 Å². The lowest BCUT2D eigenvalue weighted by Crippen LogP contribution is -2.39. The molecule has 3 amide bonds. The summed E-state index contributed by atoms with van der Waals surface area (Å²) in [5.41, 5.74) is 0.888. The van der Waals surface area contributed by atoms with Gasteiger partial charge >= 0.3 is 6.03 Å². The third-order valence-corrected chi connectivity index (χ3v) is 6.63. The van der Waals surface area contributed by atoms with Crippen LogP contribution in [-0.2, 0) is 4.79 Å². The van der Waals surface area contributed by atoms with Gasteiger partial charge in [-0.3, -0.25) is 19.1 Å². The molecule has 1 aliphatic rings. The van der Waals surface area contributed by atoms with Gasteiger partial charge in [0.05, 0.1) is 10.6 Å². The van der Waals surface area contributed by atoms with Crippen molar-refractivity contribution in [1.29, 1.82) is 0 Å². The Morgan fingerprint density at radius 2 is 1.96 bits per heavy atom. The van der Waals surface area contributed by atoms with Crippen LogP contribution in [0.25, 0.3) is 10.2 Å². The molecule has 7 nitrogen and oxygen atoms in total. The molecule has 3 rings (SSSR count). The molecule has 0 spiro atoms. The highest BCUT2D eigenvalue weighted by Gasteiger charge is 2.31. The molecule has 0 aliphatic carbocycles. The molecule has 0 radical (unpaired) electrons. The van der Waals surface area contributed by atoms with E-state index in [0.29, 0.717) is 28.5 Å². The van der Waals surface area contributed by atoms with Gasteiger partial charge in [-0.15, -0.1) is 11.3 Å². The first kappa shape index (κ1) is 18.9. The average molecular weight is 395 g/mol. The number of carbonyl (C=O) groups excluding carboxylic acids is 2. The van der Waals surface area contributed by atoms with Crippen molar-refractivity contribution < 1.29 is 9.59 Å². The predicted molar refractivity (Wildman–Crippen MR) is 104 cm³/mol. The largest absolute Gasteiger partial charge is 0.336 e. The lowest BCUT2D eigenvalue weighted by molar-refractivity contribution is -0.126. The summed E-state index contributed by atoms with van der Waals surface area (Å²) in [4.78, 5) is 45.0. The topological polar surface area (TPSA) is 84.3 Å². The van der Waals surface area contributed by atoms with Crippen molar-refractivity contribution in [3.05, 3.63) is 20.8 Å². The third-order valence-electron chi connectivity index (χ3n) is 4.47. The Bertz CT molecular complexity index is 948. The van der Waals surface area contributed by atoms with Crippen LogP contribution in [0.3, 0.4) is 0 Å². The van der Waals surface area contributed by atoms with E-state index in [1.165, 1.54) is 28.0 Å². The number of nitrogens with zero attached hydrogens (tertiary/aromatic N) is 3. The van der Waals surface area contributed by atoms with E-state index in [4.69, 9.17) is 0 Å².